The van der Waals surface area contributed by atoms with Crippen LogP contribution in [-0.2, 0) is 6.54 Å². The van der Waals surface area contributed by atoms with Crippen LogP contribution in [0.15, 0.2) is 18.2 Å². The molecule has 0 spiro atoms. The Hall–Kier alpha value is -1.13. The smallest absolute Gasteiger partial charge is 0.129 e. The van der Waals surface area contributed by atoms with Gasteiger partial charge in [-0.05, 0) is 51.5 Å². The van der Waals surface area contributed by atoms with E-state index in [4.69, 9.17) is 0 Å². The van der Waals surface area contributed by atoms with Gasteiger partial charge in [-0.15, -0.1) is 0 Å². The van der Waals surface area contributed by atoms with Crippen LogP contribution < -0.4 is 10.2 Å². The van der Waals surface area contributed by atoms with E-state index in [0.717, 1.165) is 24.3 Å². The monoisotopic (exact) mass is 291 g/mol. The number of likely N-dealkylation sites (tertiary alicyclic amines) is 1. The fourth-order valence-corrected chi connectivity index (χ4v) is 3.74. The van der Waals surface area contributed by atoms with Crippen LogP contribution in [0.5, 0.6) is 0 Å². The Kier molecular flexibility index (Phi) is 4.76. The summed E-state index contributed by atoms with van der Waals surface area (Å²) in [5, 5.41) is 3.09. The number of hydrogen-bond donors (Lipinski definition) is 1. The summed E-state index contributed by atoms with van der Waals surface area (Å²) in [5.74, 6) is -0.0942. The molecular formula is C17H26FN3. The van der Waals surface area contributed by atoms with E-state index in [1.54, 1.807) is 6.07 Å². The molecule has 0 radical (unpaired) electrons. The summed E-state index contributed by atoms with van der Waals surface area (Å²) in [6, 6.07) is 6.11. The van der Waals surface area contributed by atoms with Gasteiger partial charge in [0.1, 0.15) is 5.82 Å². The van der Waals surface area contributed by atoms with Crippen molar-refractivity contribution >= 4 is 5.69 Å². The molecule has 3 nitrogen and oxygen atoms in total. The lowest BCUT2D eigenvalue weighted by Gasteiger charge is -2.32. The highest BCUT2D eigenvalue weighted by atomic mass is 19.1. The third-order valence-electron chi connectivity index (χ3n) is 4.86. The first-order valence-electron chi connectivity index (χ1n) is 8.20. The second-order valence-corrected chi connectivity index (χ2v) is 6.25. The van der Waals surface area contributed by atoms with E-state index in [0.29, 0.717) is 12.6 Å². The van der Waals surface area contributed by atoms with Crippen LogP contribution in [-0.4, -0.2) is 44.2 Å². The summed E-state index contributed by atoms with van der Waals surface area (Å²) in [6.45, 7) is 5.16. The van der Waals surface area contributed by atoms with Crippen molar-refractivity contribution in [2.75, 3.05) is 38.1 Å². The molecule has 2 saturated heterocycles. The zero-order valence-corrected chi connectivity index (χ0v) is 12.9. The van der Waals surface area contributed by atoms with Crippen LogP contribution in [0.2, 0.25) is 0 Å². The van der Waals surface area contributed by atoms with Gasteiger partial charge >= 0.3 is 0 Å². The largest absolute Gasteiger partial charge is 0.370 e. The normalized spacial score (nSPS) is 23.7. The van der Waals surface area contributed by atoms with Crippen LogP contribution in [0.4, 0.5) is 10.1 Å². The third kappa shape index (κ3) is 3.22. The molecule has 3 rings (SSSR count). The summed E-state index contributed by atoms with van der Waals surface area (Å²) < 4.78 is 14.1. The Morgan fingerprint density at radius 3 is 2.76 bits per heavy atom. The predicted octanol–water partition coefficient (Wildman–Crippen LogP) is 2.61. The number of piperidine rings is 1. The van der Waals surface area contributed by atoms with Crippen LogP contribution in [0, 0.1) is 5.82 Å². The number of benzene rings is 1. The van der Waals surface area contributed by atoms with Gasteiger partial charge in [-0.25, -0.2) is 4.39 Å². The number of nitrogens with one attached hydrogen (secondary N) is 1. The van der Waals surface area contributed by atoms with E-state index in [-0.39, 0.29) is 5.82 Å². The zero-order valence-electron chi connectivity index (χ0n) is 12.9. The fraction of sp³-hybridized carbons (Fsp3) is 0.647. The molecule has 1 unspecified atom stereocenters. The number of rotatable bonds is 4. The minimum atomic E-state index is -0.0942. The Morgan fingerprint density at radius 1 is 1.19 bits per heavy atom. The molecule has 1 aromatic carbocycles. The van der Waals surface area contributed by atoms with Gasteiger partial charge < -0.3 is 10.2 Å². The van der Waals surface area contributed by atoms with Crippen molar-refractivity contribution in [3.05, 3.63) is 29.6 Å². The standard InChI is InChI=1S/C17H26FN3/c1-19-12-15-16(18)6-5-7-17(15)21-11-8-14(13-21)20-9-3-2-4-10-20/h5-7,14,19H,2-4,8-13H2,1H3. The molecule has 116 valence electrons. The fourth-order valence-electron chi connectivity index (χ4n) is 3.74. The summed E-state index contributed by atoms with van der Waals surface area (Å²) in [6.07, 6.45) is 5.25. The number of anilines is 1. The molecule has 2 aliphatic rings. The van der Waals surface area contributed by atoms with E-state index in [9.17, 15) is 4.39 Å². The summed E-state index contributed by atoms with van der Waals surface area (Å²) in [5.41, 5.74) is 1.88. The van der Waals surface area contributed by atoms with Crippen molar-refractivity contribution in [1.82, 2.24) is 10.2 Å². The maximum atomic E-state index is 14.1. The molecule has 2 heterocycles. The van der Waals surface area contributed by atoms with Gasteiger partial charge in [0.2, 0.25) is 0 Å². The van der Waals surface area contributed by atoms with Crippen molar-refractivity contribution in [2.24, 2.45) is 0 Å². The minimum Gasteiger partial charge on any atom is -0.370 e. The molecule has 1 N–H and O–H groups in total. The minimum absolute atomic E-state index is 0.0942. The van der Waals surface area contributed by atoms with Gasteiger partial charge in [0, 0.05) is 36.9 Å². The number of halogens is 1. The molecule has 4 heteroatoms. The van der Waals surface area contributed by atoms with Crippen molar-refractivity contribution < 1.29 is 4.39 Å². The van der Waals surface area contributed by atoms with Crippen LogP contribution in [0.1, 0.15) is 31.2 Å². The molecule has 21 heavy (non-hydrogen) atoms. The summed E-state index contributed by atoms with van der Waals surface area (Å²) in [4.78, 5) is 5.01. The molecule has 0 saturated carbocycles. The first-order chi connectivity index (χ1) is 10.3. The lowest BCUT2D eigenvalue weighted by Crippen LogP contribution is -2.41. The SMILES string of the molecule is CNCc1c(F)cccc1N1CCC(N2CCCCC2)C1. The molecule has 2 aliphatic heterocycles. The van der Waals surface area contributed by atoms with Crippen LogP contribution >= 0.6 is 0 Å². The predicted molar refractivity (Wildman–Crippen MR) is 85.2 cm³/mol. The molecule has 1 atom stereocenters. The van der Waals surface area contributed by atoms with Crippen molar-refractivity contribution in [1.29, 1.82) is 0 Å². The molecule has 1 aromatic rings. The van der Waals surface area contributed by atoms with Gasteiger partial charge in [-0.1, -0.05) is 12.5 Å². The lowest BCUT2D eigenvalue weighted by atomic mass is 10.1. The molecule has 0 amide bonds. The van der Waals surface area contributed by atoms with Gasteiger partial charge in [-0.2, -0.15) is 0 Å². The Labute approximate surface area is 127 Å². The van der Waals surface area contributed by atoms with E-state index in [1.165, 1.54) is 38.8 Å². The van der Waals surface area contributed by atoms with E-state index in [1.807, 2.05) is 13.1 Å². The second kappa shape index (κ2) is 6.75. The van der Waals surface area contributed by atoms with Gasteiger partial charge in [-0.3, -0.25) is 4.90 Å². The average molecular weight is 291 g/mol. The van der Waals surface area contributed by atoms with E-state index in [2.05, 4.69) is 21.2 Å². The van der Waals surface area contributed by atoms with Crippen molar-refractivity contribution in [3.8, 4) is 0 Å². The summed E-state index contributed by atoms with van der Waals surface area (Å²) >= 11 is 0. The van der Waals surface area contributed by atoms with Crippen molar-refractivity contribution in [2.45, 2.75) is 38.3 Å². The first kappa shape index (κ1) is 14.8. The highest BCUT2D eigenvalue weighted by molar-refractivity contribution is 5.55. The lowest BCUT2D eigenvalue weighted by molar-refractivity contribution is 0.175. The summed E-state index contributed by atoms with van der Waals surface area (Å²) in [7, 11) is 1.87. The van der Waals surface area contributed by atoms with E-state index < -0.39 is 0 Å². The molecular weight excluding hydrogens is 265 g/mol. The Bertz CT molecular complexity index is 471. The molecule has 2 fully saturated rings. The quantitative estimate of drug-likeness (QED) is 0.920. The number of nitrogens with zero attached hydrogens (tertiary/aromatic N) is 2. The van der Waals surface area contributed by atoms with Gasteiger partial charge in [0.05, 0.1) is 0 Å². The van der Waals surface area contributed by atoms with Gasteiger partial charge in [0.25, 0.3) is 0 Å². The maximum Gasteiger partial charge on any atom is 0.129 e. The van der Waals surface area contributed by atoms with Gasteiger partial charge in [0.15, 0.2) is 0 Å². The Balaban J connectivity index is 1.72. The zero-order chi connectivity index (χ0) is 14.7. The maximum absolute atomic E-state index is 14.1. The molecule has 0 aromatic heterocycles. The first-order valence-corrected chi connectivity index (χ1v) is 8.20. The second-order valence-electron chi connectivity index (χ2n) is 6.25. The van der Waals surface area contributed by atoms with Crippen LogP contribution in [0.3, 0.4) is 0 Å². The average Bonchev–Trinajstić information content (AvgIpc) is 3.00. The Morgan fingerprint density at radius 2 is 2.00 bits per heavy atom. The molecule has 0 aliphatic carbocycles. The van der Waals surface area contributed by atoms with E-state index >= 15 is 0 Å². The van der Waals surface area contributed by atoms with Crippen molar-refractivity contribution in [3.63, 3.8) is 0 Å². The highest BCUT2D eigenvalue weighted by Gasteiger charge is 2.29. The third-order valence-corrected chi connectivity index (χ3v) is 4.86. The number of hydrogen-bond acceptors (Lipinski definition) is 3. The van der Waals surface area contributed by atoms with Crippen LogP contribution in [0.25, 0.3) is 0 Å². The topological polar surface area (TPSA) is 18.5 Å². The molecule has 0 bridgehead atoms. The highest BCUT2D eigenvalue weighted by Crippen LogP contribution is 2.29.